The van der Waals surface area contributed by atoms with Gasteiger partial charge in [0.15, 0.2) is 0 Å². The zero-order valence-corrected chi connectivity index (χ0v) is 10.8. The Morgan fingerprint density at radius 1 is 1.47 bits per heavy atom. The summed E-state index contributed by atoms with van der Waals surface area (Å²) in [5, 5.41) is 3.04. The lowest BCUT2D eigenvalue weighted by atomic mass is 10.1. The van der Waals surface area contributed by atoms with Crippen molar-refractivity contribution in [2.45, 2.75) is 43.5 Å². The van der Waals surface area contributed by atoms with Crippen molar-refractivity contribution in [3.63, 3.8) is 0 Å². The minimum absolute atomic E-state index is 0.0464. The number of aromatic nitrogens is 2. The number of nitrogens with zero attached hydrogens (tertiary/aromatic N) is 2. The van der Waals surface area contributed by atoms with E-state index in [0.29, 0.717) is 5.69 Å². The van der Waals surface area contributed by atoms with E-state index < -0.39 is 0 Å². The van der Waals surface area contributed by atoms with E-state index in [1.165, 1.54) is 6.42 Å². The second-order valence-electron chi connectivity index (χ2n) is 4.66. The molecule has 0 radical (unpaired) electrons. The normalized spacial score (nSPS) is 25.3. The van der Waals surface area contributed by atoms with Crippen molar-refractivity contribution in [1.82, 2.24) is 14.9 Å². The Kier molecular flexibility index (Phi) is 4.05. The zero-order valence-electron chi connectivity index (χ0n) is 10.0. The first-order valence-corrected chi connectivity index (χ1v) is 6.53. The number of nitrogens with one attached hydrogen (secondary N) is 1. The first-order valence-electron chi connectivity index (χ1n) is 6.09. The number of alkyl halides is 1. The van der Waals surface area contributed by atoms with E-state index in [0.717, 1.165) is 25.7 Å². The highest BCUT2D eigenvalue weighted by Crippen LogP contribution is 2.22. The number of rotatable bonds is 2. The van der Waals surface area contributed by atoms with Crippen molar-refractivity contribution in [3.05, 3.63) is 18.2 Å². The van der Waals surface area contributed by atoms with E-state index in [1.54, 1.807) is 17.1 Å². The summed E-state index contributed by atoms with van der Waals surface area (Å²) in [7, 11) is 1.85. The average molecular weight is 256 g/mol. The van der Waals surface area contributed by atoms with Gasteiger partial charge in [0.25, 0.3) is 5.91 Å². The summed E-state index contributed by atoms with van der Waals surface area (Å²) in [5.41, 5.74) is 0.459. The lowest BCUT2D eigenvalue weighted by Crippen LogP contribution is -2.40. The summed E-state index contributed by atoms with van der Waals surface area (Å²) in [5.74, 6) is -0.122. The Hall–Kier alpha value is -1.03. The van der Waals surface area contributed by atoms with E-state index in [-0.39, 0.29) is 17.3 Å². The van der Waals surface area contributed by atoms with Gasteiger partial charge < -0.3 is 9.88 Å². The number of halogens is 1. The molecule has 0 spiro atoms. The van der Waals surface area contributed by atoms with Crippen LogP contribution in [-0.2, 0) is 7.05 Å². The Bertz CT molecular complexity index is 391. The maximum atomic E-state index is 11.9. The van der Waals surface area contributed by atoms with Gasteiger partial charge in [-0.3, -0.25) is 4.79 Å². The summed E-state index contributed by atoms with van der Waals surface area (Å²) in [6, 6.07) is 0.0775. The Morgan fingerprint density at radius 3 is 2.94 bits per heavy atom. The minimum Gasteiger partial charge on any atom is -0.346 e. The van der Waals surface area contributed by atoms with Crippen LogP contribution in [0.3, 0.4) is 0 Å². The van der Waals surface area contributed by atoms with Crippen LogP contribution in [0, 0.1) is 0 Å². The molecule has 1 aromatic rings. The maximum absolute atomic E-state index is 11.9. The van der Waals surface area contributed by atoms with Gasteiger partial charge in [-0.15, -0.1) is 11.6 Å². The Morgan fingerprint density at radius 2 is 2.24 bits per heavy atom. The molecule has 4 nitrogen and oxygen atoms in total. The molecule has 0 aliphatic heterocycles. The molecule has 0 aromatic carbocycles. The summed E-state index contributed by atoms with van der Waals surface area (Å²) in [6.45, 7) is 0. The van der Waals surface area contributed by atoms with Gasteiger partial charge in [0, 0.05) is 19.3 Å². The van der Waals surface area contributed by atoms with Gasteiger partial charge in [-0.05, 0) is 12.8 Å². The molecule has 1 aliphatic rings. The van der Waals surface area contributed by atoms with Crippen LogP contribution in [0.25, 0.3) is 0 Å². The third kappa shape index (κ3) is 3.22. The summed E-state index contributed by atoms with van der Waals surface area (Å²) in [4.78, 5) is 16.0. The molecule has 1 heterocycles. The summed E-state index contributed by atoms with van der Waals surface area (Å²) >= 11 is 6.28. The van der Waals surface area contributed by atoms with E-state index in [2.05, 4.69) is 10.3 Å². The SMILES string of the molecule is Cn1cnc(C(=O)NC2CCCCCC2Cl)c1. The molecule has 2 rings (SSSR count). The third-order valence-electron chi connectivity index (χ3n) is 3.19. The second kappa shape index (κ2) is 5.54. The summed E-state index contributed by atoms with van der Waals surface area (Å²) in [6.07, 6.45) is 8.79. The van der Waals surface area contributed by atoms with E-state index in [4.69, 9.17) is 11.6 Å². The van der Waals surface area contributed by atoms with Crippen molar-refractivity contribution >= 4 is 17.5 Å². The van der Waals surface area contributed by atoms with E-state index in [9.17, 15) is 4.79 Å². The highest BCUT2D eigenvalue weighted by Gasteiger charge is 2.24. The van der Waals surface area contributed by atoms with Crippen LogP contribution in [0.4, 0.5) is 0 Å². The molecule has 1 amide bonds. The molecule has 2 atom stereocenters. The van der Waals surface area contributed by atoms with Crippen LogP contribution in [0.15, 0.2) is 12.5 Å². The predicted octanol–water partition coefficient (Wildman–Crippen LogP) is 2.09. The van der Waals surface area contributed by atoms with Crippen LogP contribution in [0.1, 0.15) is 42.6 Å². The number of carbonyl (C=O) groups is 1. The Balaban J connectivity index is 1.97. The van der Waals surface area contributed by atoms with Gasteiger partial charge in [-0.25, -0.2) is 4.98 Å². The van der Waals surface area contributed by atoms with Gasteiger partial charge in [0.05, 0.1) is 11.7 Å². The second-order valence-corrected chi connectivity index (χ2v) is 5.22. The molecule has 94 valence electrons. The van der Waals surface area contributed by atoms with Crippen molar-refractivity contribution < 1.29 is 4.79 Å². The zero-order chi connectivity index (χ0) is 12.3. The number of aryl methyl sites for hydroxylation is 1. The molecule has 1 saturated carbocycles. The average Bonchev–Trinajstić information content (AvgIpc) is 2.63. The van der Waals surface area contributed by atoms with Gasteiger partial charge in [-0.2, -0.15) is 0 Å². The van der Waals surface area contributed by atoms with Gasteiger partial charge in [0.2, 0.25) is 0 Å². The molecule has 2 unspecified atom stereocenters. The Labute approximate surface area is 106 Å². The first-order chi connectivity index (χ1) is 8.16. The van der Waals surface area contributed by atoms with Crippen LogP contribution >= 0.6 is 11.6 Å². The summed E-state index contributed by atoms with van der Waals surface area (Å²) < 4.78 is 1.76. The smallest absolute Gasteiger partial charge is 0.271 e. The molecule has 1 N–H and O–H groups in total. The number of hydrogen-bond donors (Lipinski definition) is 1. The fourth-order valence-corrected chi connectivity index (χ4v) is 2.54. The largest absolute Gasteiger partial charge is 0.346 e. The topological polar surface area (TPSA) is 46.9 Å². The molecule has 17 heavy (non-hydrogen) atoms. The van der Waals surface area contributed by atoms with Gasteiger partial charge in [-0.1, -0.05) is 19.3 Å². The predicted molar refractivity (Wildman–Crippen MR) is 67.2 cm³/mol. The van der Waals surface area contributed by atoms with E-state index >= 15 is 0 Å². The number of imidazole rings is 1. The molecular weight excluding hydrogens is 238 g/mol. The quantitative estimate of drug-likeness (QED) is 0.650. The van der Waals surface area contributed by atoms with E-state index in [1.807, 2.05) is 7.05 Å². The molecule has 1 aliphatic carbocycles. The highest BCUT2D eigenvalue weighted by molar-refractivity contribution is 6.21. The standard InChI is InChI=1S/C12H18ClN3O/c1-16-7-11(14-8-16)12(17)15-10-6-4-2-3-5-9(10)13/h7-10H,2-6H2,1H3,(H,15,17). The fraction of sp³-hybridized carbons (Fsp3) is 0.667. The monoisotopic (exact) mass is 255 g/mol. The van der Waals surface area contributed by atoms with Gasteiger partial charge >= 0.3 is 0 Å². The van der Waals surface area contributed by atoms with Crippen LogP contribution in [0.5, 0.6) is 0 Å². The molecule has 5 heteroatoms. The van der Waals surface area contributed by atoms with Crippen molar-refractivity contribution in [1.29, 1.82) is 0 Å². The third-order valence-corrected chi connectivity index (χ3v) is 3.71. The molecule has 1 fully saturated rings. The lowest BCUT2D eigenvalue weighted by Gasteiger charge is -2.20. The maximum Gasteiger partial charge on any atom is 0.271 e. The molecule has 0 bridgehead atoms. The number of amides is 1. The molecule has 0 saturated heterocycles. The van der Waals surface area contributed by atoms with Crippen molar-refractivity contribution in [2.75, 3.05) is 0 Å². The van der Waals surface area contributed by atoms with Crippen LogP contribution in [0.2, 0.25) is 0 Å². The van der Waals surface area contributed by atoms with Gasteiger partial charge in [0.1, 0.15) is 5.69 Å². The molecular formula is C12H18ClN3O. The first kappa shape index (κ1) is 12.4. The highest BCUT2D eigenvalue weighted by atomic mass is 35.5. The number of hydrogen-bond acceptors (Lipinski definition) is 2. The van der Waals surface area contributed by atoms with Crippen molar-refractivity contribution in [2.24, 2.45) is 7.05 Å². The van der Waals surface area contributed by atoms with Crippen LogP contribution in [-0.4, -0.2) is 26.9 Å². The minimum atomic E-state index is -0.122. The van der Waals surface area contributed by atoms with Crippen LogP contribution < -0.4 is 5.32 Å². The van der Waals surface area contributed by atoms with Crippen molar-refractivity contribution in [3.8, 4) is 0 Å². The number of carbonyl (C=O) groups excluding carboxylic acids is 1. The lowest BCUT2D eigenvalue weighted by molar-refractivity contribution is 0.0929. The molecule has 1 aromatic heterocycles. The fourth-order valence-electron chi connectivity index (χ4n) is 2.20.